The summed E-state index contributed by atoms with van der Waals surface area (Å²) in [5.74, 6) is 0.811. The molecule has 0 fully saturated rings. The van der Waals surface area contributed by atoms with Crippen LogP contribution in [0.1, 0.15) is 5.56 Å². The molecule has 16 heavy (non-hydrogen) atoms. The van der Waals surface area contributed by atoms with Crippen molar-refractivity contribution in [2.45, 2.75) is 12.6 Å². The molecule has 1 rings (SSSR count). The van der Waals surface area contributed by atoms with Crippen LogP contribution in [0.4, 0.5) is 0 Å². The molecule has 0 aliphatic rings. The van der Waals surface area contributed by atoms with E-state index < -0.39 is 6.10 Å². The molecule has 0 saturated heterocycles. The van der Waals surface area contributed by atoms with Crippen molar-refractivity contribution < 1.29 is 9.84 Å². The van der Waals surface area contributed by atoms with Crippen molar-refractivity contribution in [3.8, 4) is 5.75 Å². The van der Waals surface area contributed by atoms with E-state index in [0.717, 1.165) is 15.8 Å². The van der Waals surface area contributed by atoms with Crippen LogP contribution in [0.5, 0.6) is 5.75 Å². The number of aliphatic hydroxyl groups excluding tert-OH is 1. The quantitative estimate of drug-likeness (QED) is 0.727. The zero-order valence-electron chi connectivity index (χ0n) is 9.24. The van der Waals surface area contributed by atoms with Gasteiger partial charge in [0.05, 0.1) is 17.7 Å². The predicted molar refractivity (Wildman–Crippen MR) is 67.5 cm³/mol. The Morgan fingerprint density at radius 1 is 1.56 bits per heavy atom. The largest absolute Gasteiger partial charge is 0.496 e. The zero-order chi connectivity index (χ0) is 12.0. The lowest BCUT2D eigenvalue weighted by atomic mass is 10.2. The molecule has 0 aliphatic carbocycles. The van der Waals surface area contributed by atoms with Gasteiger partial charge in [-0.05, 0) is 33.6 Å². The molecule has 0 bridgehead atoms. The van der Waals surface area contributed by atoms with Gasteiger partial charge >= 0.3 is 0 Å². The number of aliphatic hydroxyl groups is 1. The van der Waals surface area contributed by atoms with E-state index in [4.69, 9.17) is 10.5 Å². The summed E-state index contributed by atoms with van der Waals surface area (Å²) in [6.45, 7) is 1.47. The second-order valence-corrected chi connectivity index (χ2v) is 4.34. The van der Waals surface area contributed by atoms with E-state index in [1.165, 1.54) is 0 Å². The first kappa shape index (κ1) is 13.4. The molecule has 90 valence electrons. The van der Waals surface area contributed by atoms with Crippen LogP contribution in [0.25, 0.3) is 0 Å². The second kappa shape index (κ2) is 6.85. The number of hydrogen-bond donors (Lipinski definition) is 3. The number of rotatable bonds is 6. The molecule has 5 heteroatoms. The Balaban J connectivity index is 2.46. The van der Waals surface area contributed by atoms with Crippen molar-refractivity contribution in [1.29, 1.82) is 0 Å². The Bertz CT molecular complexity index is 334. The van der Waals surface area contributed by atoms with Crippen molar-refractivity contribution in [3.05, 3.63) is 28.2 Å². The first-order chi connectivity index (χ1) is 7.67. The Labute approximate surface area is 104 Å². The second-order valence-electron chi connectivity index (χ2n) is 3.49. The first-order valence-electron chi connectivity index (χ1n) is 5.08. The van der Waals surface area contributed by atoms with Gasteiger partial charge in [0.25, 0.3) is 0 Å². The van der Waals surface area contributed by atoms with Crippen molar-refractivity contribution in [2.24, 2.45) is 5.73 Å². The van der Waals surface area contributed by atoms with Gasteiger partial charge in [-0.2, -0.15) is 0 Å². The molecule has 0 aromatic heterocycles. The first-order valence-corrected chi connectivity index (χ1v) is 5.88. The van der Waals surface area contributed by atoms with Crippen LogP contribution in [0.2, 0.25) is 0 Å². The van der Waals surface area contributed by atoms with Crippen molar-refractivity contribution in [3.63, 3.8) is 0 Å². The molecule has 0 spiro atoms. The van der Waals surface area contributed by atoms with Crippen LogP contribution in [0, 0.1) is 0 Å². The number of ether oxygens (including phenoxy) is 1. The fourth-order valence-electron chi connectivity index (χ4n) is 1.29. The Morgan fingerprint density at radius 2 is 2.31 bits per heavy atom. The lowest BCUT2D eigenvalue weighted by Gasteiger charge is -2.10. The van der Waals surface area contributed by atoms with E-state index in [1.54, 1.807) is 7.11 Å². The molecular weight excluding hydrogens is 272 g/mol. The van der Waals surface area contributed by atoms with Crippen LogP contribution in [0.15, 0.2) is 22.7 Å². The van der Waals surface area contributed by atoms with E-state index in [1.807, 2.05) is 18.2 Å². The maximum atomic E-state index is 9.26. The van der Waals surface area contributed by atoms with Gasteiger partial charge in [0, 0.05) is 19.6 Å². The van der Waals surface area contributed by atoms with Crippen LogP contribution in [-0.4, -0.2) is 31.4 Å². The third-order valence-electron chi connectivity index (χ3n) is 2.20. The highest BCUT2D eigenvalue weighted by atomic mass is 79.9. The normalized spacial score (nSPS) is 12.5. The van der Waals surface area contributed by atoms with Crippen molar-refractivity contribution in [1.82, 2.24) is 5.32 Å². The lowest BCUT2D eigenvalue weighted by Crippen LogP contribution is -2.32. The highest BCUT2D eigenvalue weighted by Crippen LogP contribution is 2.25. The summed E-state index contributed by atoms with van der Waals surface area (Å²) in [4.78, 5) is 0. The van der Waals surface area contributed by atoms with E-state index in [0.29, 0.717) is 13.1 Å². The summed E-state index contributed by atoms with van der Waals surface area (Å²) >= 11 is 3.42. The Morgan fingerprint density at radius 3 is 2.88 bits per heavy atom. The molecule has 0 aliphatic heterocycles. The predicted octanol–water partition coefficient (Wildman–Crippen LogP) is 0.867. The minimum atomic E-state index is -0.485. The average molecular weight is 289 g/mol. The van der Waals surface area contributed by atoms with E-state index >= 15 is 0 Å². The van der Waals surface area contributed by atoms with Crippen LogP contribution < -0.4 is 15.8 Å². The lowest BCUT2D eigenvalue weighted by molar-refractivity contribution is 0.179. The molecule has 1 aromatic rings. The highest BCUT2D eigenvalue weighted by Gasteiger charge is 2.03. The van der Waals surface area contributed by atoms with Gasteiger partial charge in [0.2, 0.25) is 0 Å². The fraction of sp³-hybridized carbons (Fsp3) is 0.455. The van der Waals surface area contributed by atoms with Crippen LogP contribution in [-0.2, 0) is 6.54 Å². The molecular formula is C11H17BrN2O2. The van der Waals surface area contributed by atoms with Crippen molar-refractivity contribution in [2.75, 3.05) is 20.2 Å². The van der Waals surface area contributed by atoms with Gasteiger partial charge in [0.1, 0.15) is 5.75 Å². The van der Waals surface area contributed by atoms with E-state index in [2.05, 4.69) is 21.2 Å². The highest BCUT2D eigenvalue weighted by molar-refractivity contribution is 9.10. The minimum Gasteiger partial charge on any atom is -0.496 e. The third-order valence-corrected chi connectivity index (χ3v) is 2.82. The summed E-state index contributed by atoms with van der Waals surface area (Å²) in [5, 5.41) is 12.4. The van der Waals surface area contributed by atoms with E-state index in [-0.39, 0.29) is 6.54 Å². The van der Waals surface area contributed by atoms with Gasteiger partial charge in [-0.3, -0.25) is 0 Å². The summed E-state index contributed by atoms with van der Waals surface area (Å²) in [7, 11) is 1.63. The Kier molecular flexibility index (Phi) is 5.76. The summed E-state index contributed by atoms with van der Waals surface area (Å²) < 4.78 is 6.06. The fourth-order valence-corrected chi connectivity index (χ4v) is 1.87. The number of nitrogens with one attached hydrogen (secondary N) is 1. The molecule has 4 N–H and O–H groups in total. The van der Waals surface area contributed by atoms with Gasteiger partial charge in [0.15, 0.2) is 0 Å². The van der Waals surface area contributed by atoms with Gasteiger partial charge < -0.3 is 20.9 Å². The van der Waals surface area contributed by atoms with Crippen LogP contribution in [0.3, 0.4) is 0 Å². The molecule has 1 unspecified atom stereocenters. The Hall–Kier alpha value is -0.620. The van der Waals surface area contributed by atoms with Gasteiger partial charge in [-0.1, -0.05) is 6.07 Å². The van der Waals surface area contributed by atoms with Crippen molar-refractivity contribution >= 4 is 15.9 Å². The third kappa shape index (κ3) is 4.09. The number of benzene rings is 1. The number of halogens is 1. The number of hydrogen-bond acceptors (Lipinski definition) is 4. The standard InChI is InChI=1S/C11H17BrN2O2/c1-16-11-3-2-8(4-10(11)12)6-14-7-9(15)5-13/h2-4,9,14-15H,5-7,13H2,1H3. The maximum Gasteiger partial charge on any atom is 0.133 e. The summed E-state index contributed by atoms with van der Waals surface area (Å²) in [5.41, 5.74) is 6.42. The molecule has 4 nitrogen and oxygen atoms in total. The van der Waals surface area contributed by atoms with Crippen LogP contribution >= 0.6 is 15.9 Å². The molecule has 0 radical (unpaired) electrons. The SMILES string of the molecule is COc1ccc(CNCC(O)CN)cc1Br. The molecule has 1 atom stereocenters. The minimum absolute atomic E-state index is 0.277. The zero-order valence-corrected chi connectivity index (χ0v) is 10.8. The monoisotopic (exact) mass is 288 g/mol. The van der Waals surface area contributed by atoms with E-state index in [9.17, 15) is 5.11 Å². The average Bonchev–Trinajstić information content (AvgIpc) is 2.29. The molecule has 0 saturated carbocycles. The number of nitrogens with two attached hydrogens (primary N) is 1. The van der Waals surface area contributed by atoms with Gasteiger partial charge in [-0.25, -0.2) is 0 Å². The van der Waals surface area contributed by atoms with Gasteiger partial charge in [-0.15, -0.1) is 0 Å². The molecule has 0 heterocycles. The smallest absolute Gasteiger partial charge is 0.133 e. The molecule has 1 aromatic carbocycles. The summed E-state index contributed by atoms with van der Waals surface area (Å²) in [6, 6.07) is 5.87. The molecule has 0 amide bonds. The summed E-state index contributed by atoms with van der Waals surface area (Å²) in [6.07, 6.45) is -0.485. The maximum absolute atomic E-state index is 9.26. The topological polar surface area (TPSA) is 67.5 Å². The number of methoxy groups -OCH3 is 1.